The maximum absolute atomic E-state index is 4.46. The van der Waals surface area contributed by atoms with Crippen LogP contribution in [0, 0.1) is 13.8 Å². The zero-order valence-electron chi connectivity index (χ0n) is 11.7. The molecule has 1 nitrogen and oxygen atoms in total. The number of hydrogen-bond donors (Lipinski definition) is 0. The van der Waals surface area contributed by atoms with E-state index in [0.717, 1.165) is 11.4 Å². The molecular formula is C15H23NS. The van der Waals surface area contributed by atoms with E-state index in [0.29, 0.717) is 0 Å². The molecule has 17 heavy (non-hydrogen) atoms. The summed E-state index contributed by atoms with van der Waals surface area (Å²) in [5, 5.41) is 2.15. The zero-order chi connectivity index (χ0) is 13.3. The maximum atomic E-state index is 4.46. The second kappa shape index (κ2) is 8.94. The van der Waals surface area contributed by atoms with E-state index < -0.39 is 0 Å². The fourth-order valence-corrected chi connectivity index (χ4v) is 1.98. The molecule has 0 aromatic carbocycles. The van der Waals surface area contributed by atoms with Crippen molar-refractivity contribution in [3.05, 3.63) is 40.2 Å². The van der Waals surface area contributed by atoms with Gasteiger partial charge in [-0.2, -0.15) is 0 Å². The first kappa shape index (κ1) is 15.9. The molecule has 0 aliphatic heterocycles. The first-order valence-corrected chi connectivity index (χ1v) is 7.13. The lowest BCUT2D eigenvalue weighted by molar-refractivity contribution is 1.21. The number of hydrogen-bond acceptors (Lipinski definition) is 2. The van der Waals surface area contributed by atoms with Crippen LogP contribution < -0.4 is 0 Å². The molecule has 0 N–H and O–H groups in total. The molecule has 0 atom stereocenters. The Balaban J connectivity index is 0.000000581. The van der Waals surface area contributed by atoms with Crippen LogP contribution in [0.2, 0.25) is 0 Å². The summed E-state index contributed by atoms with van der Waals surface area (Å²) in [5.41, 5.74) is 3.37. The Morgan fingerprint density at radius 2 is 1.65 bits per heavy atom. The van der Waals surface area contributed by atoms with Crippen molar-refractivity contribution < 1.29 is 0 Å². The molecular weight excluding hydrogens is 226 g/mol. The third kappa shape index (κ3) is 5.14. The average molecular weight is 249 g/mol. The summed E-state index contributed by atoms with van der Waals surface area (Å²) in [4.78, 5) is 5.80. The largest absolute Gasteiger partial charge is 0.253 e. The van der Waals surface area contributed by atoms with Crippen molar-refractivity contribution in [2.75, 3.05) is 0 Å². The third-order valence-electron chi connectivity index (χ3n) is 1.91. The zero-order valence-corrected chi connectivity index (χ0v) is 12.6. The number of thiophene rings is 1. The van der Waals surface area contributed by atoms with Gasteiger partial charge in [0.15, 0.2) is 0 Å². The Labute approximate surface area is 110 Å². The minimum Gasteiger partial charge on any atom is -0.253 e. The lowest BCUT2D eigenvalue weighted by Gasteiger charge is -1.97. The van der Waals surface area contributed by atoms with Crippen LogP contribution in [0.5, 0.6) is 0 Å². The lowest BCUT2D eigenvalue weighted by atomic mass is 10.2. The van der Waals surface area contributed by atoms with Crippen LogP contribution in [-0.4, -0.2) is 4.98 Å². The summed E-state index contributed by atoms with van der Waals surface area (Å²) in [6.07, 6.45) is 0. The Kier molecular flexibility index (Phi) is 8.34. The van der Waals surface area contributed by atoms with E-state index in [1.54, 1.807) is 11.3 Å². The predicted molar refractivity (Wildman–Crippen MR) is 79.7 cm³/mol. The number of nitrogens with zero attached hydrogens (tertiary/aromatic N) is 1. The van der Waals surface area contributed by atoms with Gasteiger partial charge in [0.25, 0.3) is 0 Å². The van der Waals surface area contributed by atoms with Crippen LogP contribution in [-0.2, 0) is 0 Å². The minimum absolute atomic E-state index is 1.07. The number of rotatable bonds is 1. The summed E-state index contributed by atoms with van der Waals surface area (Å²) in [6, 6.07) is 8.29. The molecule has 0 radical (unpaired) electrons. The van der Waals surface area contributed by atoms with Gasteiger partial charge in [-0.3, -0.25) is 4.98 Å². The molecule has 0 saturated heterocycles. The molecule has 0 unspecified atom stereocenters. The van der Waals surface area contributed by atoms with Crippen LogP contribution in [0.3, 0.4) is 0 Å². The van der Waals surface area contributed by atoms with Gasteiger partial charge in [-0.1, -0.05) is 33.8 Å². The van der Waals surface area contributed by atoms with Crippen LogP contribution in [0.4, 0.5) is 0 Å². The second-order valence-electron chi connectivity index (χ2n) is 3.11. The molecule has 0 spiro atoms. The highest BCUT2D eigenvalue weighted by Crippen LogP contribution is 2.23. The van der Waals surface area contributed by atoms with Gasteiger partial charge < -0.3 is 0 Å². The van der Waals surface area contributed by atoms with Gasteiger partial charge in [-0.15, -0.1) is 11.3 Å². The second-order valence-corrected chi connectivity index (χ2v) is 4.23. The Morgan fingerprint density at radius 1 is 1.00 bits per heavy atom. The van der Waals surface area contributed by atoms with Gasteiger partial charge in [0, 0.05) is 21.5 Å². The predicted octanol–water partition coefficient (Wildman–Crippen LogP) is 5.48. The summed E-state index contributed by atoms with van der Waals surface area (Å²) < 4.78 is 0. The molecule has 94 valence electrons. The van der Waals surface area contributed by atoms with E-state index in [-0.39, 0.29) is 0 Å². The van der Waals surface area contributed by atoms with E-state index >= 15 is 0 Å². The monoisotopic (exact) mass is 249 g/mol. The molecule has 0 fully saturated rings. The number of pyridine rings is 1. The van der Waals surface area contributed by atoms with Gasteiger partial charge in [0.2, 0.25) is 0 Å². The van der Waals surface area contributed by atoms with Gasteiger partial charge in [0.1, 0.15) is 0 Å². The Morgan fingerprint density at radius 3 is 2.12 bits per heavy atom. The Hall–Kier alpha value is -1.15. The van der Waals surface area contributed by atoms with Crippen molar-refractivity contribution in [1.29, 1.82) is 0 Å². The maximum Gasteiger partial charge on any atom is 0.0713 e. The van der Waals surface area contributed by atoms with E-state index in [1.165, 1.54) is 10.4 Å². The fourth-order valence-electron chi connectivity index (χ4n) is 1.28. The quantitative estimate of drug-likeness (QED) is 0.652. The van der Waals surface area contributed by atoms with Crippen molar-refractivity contribution in [1.82, 2.24) is 4.98 Å². The highest BCUT2D eigenvalue weighted by Gasteiger charge is 2.00. The molecule has 2 heteroatoms. The van der Waals surface area contributed by atoms with Crippen molar-refractivity contribution in [2.45, 2.75) is 41.5 Å². The topological polar surface area (TPSA) is 12.9 Å². The number of aromatic nitrogens is 1. The third-order valence-corrected chi connectivity index (χ3v) is 2.78. The molecule has 0 saturated carbocycles. The highest BCUT2D eigenvalue weighted by atomic mass is 32.1. The number of aryl methyl sites for hydroxylation is 2. The van der Waals surface area contributed by atoms with E-state index in [1.807, 2.05) is 46.8 Å². The van der Waals surface area contributed by atoms with Crippen LogP contribution in [0.1, 0.15) is 38.3 Å². The molecule has 0 amide bonds. The molecule has 0 aliphatic rings. The van der Waals surface area contributed by atoms with Crippen molar-refractivity contribution in [3.63, 3.8) is 0 Å². The summed E-state index contributed by atoms with van der Waals surface area (Å²) in [6.45, 7) is 12.1. The van der Waals surface area contributed by atoms with Gasteiger partial charge >= 0.3 is 0 Å². The molecule has 2 aromatic rings. The summed E-state index contributed by atoms with van der Waals surface area (Å²) >= 11 is 1.77. The van der Waals surface area contributed by atoms with Crippen LogP contribution in [0.15, 0.2) is 29.6 Å². The first-order chi connectivity index (χ1) is 8.25. The molecule has 2 rings (SSSR count). The van der Waals surface area contributed by atoms with Crippen molar-refractivity contribution in [2.24, 2.45) is 0 Å². The first-order valence-electron chi connectivity index (χ1n) is 6.25. The van der Waals surface area contributed by atoms with Gasteiger partial charge in [-0.25, -0.2) is 0 Å². The highest BCUT2D eigenvalue weighted by molar-refractivity contribution is 7.10. The Bertz CT molecular complexity index is 418. The summed E-state index contributed by atoms with van der Waals surface area (Å²) in [5.74, 6) is 0. The molecule has 2 aromatic heterocycles. The smallest absolute Gasteiger partial charge is 0.0713 e. The molecule has 2 heterocycles. The fraction of sp³-hybridized carbons (Fsp3) is 0.400. The van der Waals surface area contributed by atoms with Crippen LogP contribution in [0.25, 0.3) is 11.3 Å². The standard InChI is InChI=1S/C11H11NS.2C2H6/c1-8-4-3-5-11(12-8)10-6-9(2)13-7-10;2*1-2/h3-7H,1-2H3;2*1-2H3. The van der Waals surface area contributed by atoms with Crippen molar-refractivity contribution >= 4 is 11.3 Å². The molecule has 0 bridgehead atoms. The van der Waals surface area contributed by atoms with E-state index in [4.69, 9.17) is 0 Å². The van der Waals surface area contributed by atoms with E-state index in [9.17, 15) is 0 Å². The van der Waals surface area contributed by atoms with Gasteiger partial charge in [0.05, 0.1) is 5.69 Å². The van der Waals surface area contributed by atoms with Crippen LogP contribution >= 0.6 is 11.3 Å². The van der Waals surface area contributed by atoms with Crippen molar-refractivity contribution in [3.8, 4) is 11.3 Å². The normalized spacial score (nSPS) is 8.59. The lowest BCUT2D eigenvalue weighted by Crippen LogP contribution is -1.83. The summed E-state index contributed by atoms with van der Waals surface area (Å²) in [7, 11) is 0. The SMILES string of the molecule is CC.CC.Cc1cccc(-c2csc(C)c2)n1. The average Bonchev–Trinajstić information content (AvgIpc) is 2.81. The minimum atomic E-state index is 1.07. The molecule has 0 aliphatic carbocycles. The van der Waals surface area contributed by atoms with E-state index in [2.05, 4.69) is 29.4 Å². The van der Waals surface area contributed by atoms with Gasteiger partial charge in [-0.05, 0) is 32.0 Å².